The van der Waals surface area contributed by atoms with Crippen LogP contribution in [0.15, 0.2) is 28.7 Å². The van der Waals surface area contributed by atoms with Gasteiger partial charge in [-0.1, -0.05) is 40.9 Å². The van der Waals surface area contributed by atoms with E-state index in [2.05, 4.69) is 50.8 Å². The van der Waals surface area contributed by atoms with E-state index in [0.29, 0.717) is 6.54 Å². The smallest absolute Gasteiger partial charge is 0.233 e. The number of carbonyl (C=O) groups excluding carboxylic acids is 1. The molecule has 112 valence electrons. The molecule has 0 spiro atoms. The molecule has 0 heterocycles. The van der Waals surface area contributed by atoms with Gasteiger partial charge in [0, 0.05) is 16.4 Å². The van der Waals surface area contributed by atoms with Gasteiger partial charge in [0.1, 0.15) is 0 Å². The molecule has 0 saturated heterocycles. The molecule has 20 heavy (non-hydrogen) atoms. The molecular formula is C15H22BrClN2O. The zero-order valence-corrected chi connectivity index (χ0v) is 14.1. The summed E-state index contributed by atoms with van der Waals surface area (Å²) in [6, 6.07) is 8.54. The van der Waals surface area contributed by atoms with Crippen LogP contribution in [0.25, 0.3) is 0 Å². The molecule has 0 atom stereocenters. The van der Waals surface area contributed by atoms with Crippen molar-refractivity contribution in [1.82, 2.24) is 10.6 Å². The average molecular weight is 362 g/mol. The van der Waals surface area contributed by atoms with E-state index in [0.717, 1.165) is 23.9 Å². The first-order valence-corrected chi connectivity index (χ1v) is 7.63. The first-order chi connectivity index (χ1) is 9.16. The number of hydrogen-bond acceptors (Lipinski definition) is 2. The monoisotopic (exact) mass is 360 g/mol. The number of benzene rings is 1. The van der Waals surface area contributed by atoms with E-state index in [4.69, 9.17) is 0 Å². The van der Waals surface area contributed by atoms with Gasteiger partial charge in [-0.25, -0.2) is 0 Å². The Morgan fingerprint density at radius 1 is 1.25 bits per heavy atom. The second-order valence-corrected chi connectivity index (χ2v) is 6.22. The number of carbonyl (C=O) groups is 1. The summed E-state index contributed by atoms with van der Waals surface area (Å²) in [6.45, 7) is 1.13. The summed E-state index contributed by atoms with van der Waals surface area (Å²) in [7, 11) is 1.79. The normalized spacial score (nSPS) is 16.5. The zero-order chi connectivity index (χ0) is 13.7. The van der Waals surface area contributed by atoms with Gasteiger partial charge in [-0.05, 0) is 37.6 Å². The number of hydrogen-bond donors (Lipinski definition) is 2. The molecule has 1 fully saturated rings. The molecule has 0 bridgehead atoms. The maximum Gasteiger partial charge on any atom is 0.233 e. The largest absolute Gasteiger partial charge is 0.354 e. The van der Waals surface area contributed by atoms with Gasteiger partial charge in [-0.15, -0.1) is 12.4 Å². The number of rotatable bonds is 5. The van der Waals surface area contributed by atoms with Crippen LogP contribution >= 0.6 is 28.3 Å². The zero-order valence-electron chi connectivity index (χ0n) is 11.7. The Bertz CT molecular complexity index is 430. The van der Waals surface area contributed by atoms with Gasteiger partial charge in [-0.3, -0.25) is 4.79 Å². The maximum absolute atomic E-state index is 11.6. The average Bonchev–Trinajstić information content (AvgIpc) is 2.88. The third kappa shape index (κ3) is 4.21. The highest BCUT2D eigenvalue weighted by Gasteiger charge is 2.35. The van der Waals surface area contributed by atoms with Crippen molar-refractivity contribution in [2.45, 2.75) is 31.1 Å². The second kappa shape index (κ2) is 8.01. The Kier molecular flexibility index (Phi) is 7.00. The molecule has 0 radical (unpaired) electrons. The Morgan fingerprint density at radius 3 is 2.40 bits per heavy atom. The van der Waals surface area contributed by atoms with E-state index in [1.165, 1.54) is 18.4 Å². The lowest BCUT2D eigenvalue weighted by molar-refractivity contribution is -0.120. The molecule has 1 aliphatic carbocycles. The summed E-state index contributed by atoms with van der Waals surface area (Å²) < 4.78 is 1.10. The Balaban J connectivity index is 0.00000200. The fraction of sp³-hybridized carbons (Fsp3) is 0.533. The van der Waals surface area contributed by atoms with Gasteiger partial charge < -0.3 is 10.6 Å². The lowest BCUT2D eigenvalue weighted by Gasteiger charge is -2.30. The summed E-state index contributed by atoms with van der Waals surface area (Å²) in [5.41, 5.74) is 1.47. The van der Waals surface area contributed by atoms with E-state index in [1.807, 2.05) is 0 Å². The molecule has 0 aliphatic heterocycles. The van der Waals surface area contributed by atoms with Crippen LogP contribution < -0.4 is 10.6 Å². The molecule has 0 aromatic heterocycles. The topological polar surface area (TPSA) is 41.1 Å². The quantitative estimate of drug-likeness (QED) is 0.846. The number of likely N-dealkylation sites (N-methyl/N-ethyl adjacent to an activating group) is 1. The van der Waals surface area contributed by atoms with Crippen molar-refractivity contribution in [3.8, 4) is 0 Å². The minimum absolute atomic E-state index is 0. The third-order valence-corrected chi connectivity index (χ3v) is 4.51. The third-order valence-electron chi connectivity index (χ3n) is 3.98. The van der Waals surface area contributed by atoms with E-state index < -0.39 is 0 Å². The number of halogens is 2. The van der Waals surface area contributed by atoms with Gasteiger partial charge >= 0.3 is 0 Å². The minimum Gasteiger partial charge on any atom is -0.354 e. The van der Waals surface area contributed by atoms with Crippen LogP contribution in [0.2, 0.25) is 0 Å². The fourth-order valence-electron chi connectivity index (χ4n) is 2.91. The van der Waals surface area contributed by atoms with Gasteiger partial charge in [0.15, 0.2) is 0 Å². The van der Waals surface area contributed by atoms with Crippen LogP contribution in [0.1, 0.15) is 31.2 Å². The van der Waals surface area contributed by atoms with Crippen LogP contribution in [-0.2, 0) is 10.2 Å². The van der Waals surface area contributed by atoms with Crippen molar-refractivity contribution < 1.29 is 4.79 Å². The summed E-state index contributed by atoms with van der Waals surface area (Å²) in [6.07, 6.45) is 4.82. The SMILES string of the molecule is CNCC(=O)NCC1(c2ccc(Br)cc2)CCCC1.Cl. The van der Waals surface area contributed by atoms with Crippen LogP contribution in [0.4, 0.5) is 0 Å². The molecular weight excluding hydrogens is 340 g/mol. The lowest BCUT2D eigenvalue weighted by atomic mass is 9.79. The lowest BCUT2D eigenvalue weighted by Crippen LogP contribution is -2.41. The molecule has 2 rings (SSSR count). The molecule has 1 aliphatic rings. The maximum atomic E-state index is 11.6. The van der Waals surface area contributed by atoms with Crippen molar-refractivity contribution in [2.75, 3.05) is 20.1 Å². The van der Waals surface area contributed by atoms with Gasteiger partial charge in [0.2, 0.25) is 5.91 Å². The van der Waals surface area contributed by atoms with E-state index in [9.17, 15) is 4.79 Å². The van der Waals surface area contributed by atoms with Gasteiger partial charge in [-0.2, -0.15) is 0 Å². The van der Waals surface area contributed by atoms with Crippen LogP contribution in [0.5, 0.6) is 0 Å². The van der Waals surface area contributed by atoms with Gasteiger partial charge in [0.25, 0.3) is 0 Å². The summed E-state index contributed by atoms with van der Waals surface area (Å²) >= 11 is 3.48. The Hall–Kier alpha value is -0.580. The van der Waals surface area contributed by atoms with Crippen LogP contribution in [0.3, 0.4) is 0 Å². The van der Waals surface area contributed by atoms with E-state index in [-0.39, 0.29) is 23.7 Å². The number of nitrogens with one attached hydrogen (secondary N) is 2. The van der Waals surface area contributed by atoms with Crippen molar-refractivity contribution in [3.63, 3.8) is 0 Å². The molecule has 5 heteroatoms. The van der Waals surface area contributed by atoms with Crippen molar-refractivity contribution >= 4 is 34.2 Å². The van der Waals surface area contributed by atoms with Crippen molar-refractivity contribution in [1.29, 1.82) is 0 Å². The minimum atomic E-state index is 0. The van der Waals surface area contributed by atoms with Crippen LogP contribution in [-0.4, -0.2) is 26.0 Å². The van der Waals surface area contributed by atoms with E-state index in [1.54, 1.807) is 7.05 Å². The summed E-state index contributed by atoms with van der Waals surface area (Å²) in [4.78, 5) is 11.6. The Morgan fingerprint density at radius 2 is 1.85 bits per heavy atom. The molecule has 3 nitrogen and oxygen atoms in total. The molecule has 0 unspecified atom stereocenters. The fourth-order valence-corrected chi connectivity index (χ4v) is 3.18. The van der Waals surface area contributed by atoms with Gasteiger partial charge in [0.05, 0.1) is 6.54 Å². The second-order valence-electron chi connectivity index (χ2n) is 5.30. The summed E-state index contributed by atoms with van der Waals surface area (Å²) in [5, 5.41) is 5.95. The first kappa shape index (κ1) is 17.5. The summed E-state index contributed by atoms with van der Waals surface area (Å²) in [5.74, 6) is 0.0749. The highest BCUT2D eigenvalue weighted by atomic mass is 79.9. The predicted molar refractivity (Wildman–Crippen MR) is 88.5 cm³/mol. The molecule has 1 aromatic carbocycles. The molecule has 1 aromatic rings. The standard InChI is InChI=1S/C15H21BrN2O.ClH/c1-17-10-14(19)18-11-15(8-2-3-9-15)12-4-6-13(16)7-5-12;/h4-7,17H,2-3,8-11H2,1H3,(H,18,19);1H. The molecule has 1 amide bonds. The highest BCUT2D eigenvalue weighted by Crippen LogP contribution is 2.40. The number of amides is 1. The van der Waals surface area contributed by atoms with Crippen molar-refractivity contribution in [2.24, 2.45) is 0 Å². The van der Waals surface area contributed by atoms with Crippen LogP contribution in [0, 0.1) is 0 Å². The van der Waals surface area contributed by atoms with E-state index >= 15 is 0 Å². The molecule has 2 N–H and O–H groups in total. The van der Waals surface area contributed by atoms with Crippen molar-refractivity contribution in [3.05, 3.63) is 34.3 Å². The Labute approximate surface area is 135 Å². The molecule has 1 saturated carbocycles. The highest BCUT2D eigenvalue weighted by molar-refractivity contribution is 9.10. The predicted octanol–water partition coefficient (Wildman–Crippen LogP) is 3.02. The first-order valence-electron chi connectivity index (χ1n) is 6.84.